The molecule has 16 nitrogen and oxygen atoms in total. The smallest absolute Gasteiger partial charge is 0.329 e. The number of carbonyl (C=O) groups excluding carboxylic acids is 5. The minimum atomic E-state index is -2.47. The number of Topliss-reactive ketones (excluding diaryl/α,β-unsaturated/α-hetero) is 3. The number of methoxy groups -OCH3 is 3. The van der Waals surface area contributed by atoms with Crippen LogP contribution in [0.15, 0.2) is 47.6 Å². The van der Waals surface area contributed by atoms with Gasteiger partial charge in [-0.05, 0) is 107 Å². The molecular formula is C55H87NO15. The summed E-state index contributed by atoms with van der Waals surface area (Å²) in [7, 11) is 4.54. The van der Waals surface area contributed by atoms with Crippen molar-refractivity contribution in [3.8, 4) is 0 Å². The van der Waals surface area contributed by atoms with E-state index in [0.717, 1.165) is 5.57 Å². The monoisotopic (exact) mass is 1000 g/mol. The number of fused-ring (bicyclic) bond motifs is 3. The highest BCUT2D eigenvalue weighted by Crippen LogP contribution is 2.38. The molecule has 16 heteroatoms. The molecule has 3 N–H and O–H groups in total. The van der Waals surface area contributed by atoms with E-state index >= 15 is 0 Å². The molecule has 0 radical (unpaired) electrons. The molecule has 0 spiro atoms. The molecule has 2 bridgehead atoms. The van der Waals surface area contributed by atoms with Crippen LogP contribution in [-0.4, -0.2) is 158 Å². The minimum Gasteiger partial charge on any atom is -0.460 e. The lowest BCUT2D eigenvalue weighted by Crippen LogP contribution is -2.61. The van der Waals surface area contributed by atoms with Gasteiger partial charge in [0.05, 0.1) is 50.8 Å². The summed E-state index contributed by atoms with van der Waals surface area (Å²) in [6, 6.07) is -1.16. The highest BCUT2D eigenvalue weighted by molar-refractivity contribution is 6.39. The number of allylic oxidation sites excluding steroid dienone is 6. The summed E-state index contributed by atoms with van der Waals surface area (Å²) in [5.41, 5.74) is 1.23. The van der Waals surface area contributed by atoms with Crippen LogP contribution in [0.25, 0.3) is 0 Å². The number of esters is 1. The largest absolute Gasteiger partial charge is 0.460 e. The molecule has 3 heterocycles. The average molecular weight is 1000 g/mol. The molecule has 0 aromatic heterocycles. The van der Waals surface area contributed by atoms with Gasteiger partial charge in [-0.2, -0.15) is 0 Å². The number of nitrogens with zero attached hydrogens (tertiary/aromatic N) is 1. The fraction of sp³-hybridized carbons (Fsp3) is 0.764. The molecule has 15 atom stereocenters. The first kappa shape index (κ1) is 60.1. The highest BCUT2D eigenvalue weighted by atomic mass is 16.6. The number of ether oxygens (including phenoxy) is 7. The first-order chi connectivity index (χ1) is 33.7. The van der Waals surface area contributed by atoms with Crippen molar-refractivity contribution >= 4 is 29.2 Å². The Morgan fingerprint density at radius 2 is 1.56 bits per heavy atom. The lowest BCUT2D eigenvalue weighted by atomic mass is 9.78. The Morgan fingerprint density at radius 3 is 2.27 bits per heavy atom. The fourth-order valence-corrected chi connectivity index (χ4v) is 10.5. The Labute approximate surface area is 422 Å². The molecule has 3 aliphatic heterocycles. The topological polar surface area (TPSA) is 214 Å². The van der Waals surface area contributed by atoms with Gasteiger partial charge in [-0.3, -0.25) is 19.2 Å². The van der Waals surface area contributed by atoms with Crippen LogP contribution in [0, 0.1) is 35.5 Å². The minimum absolute atomic E-state index is 0.00618. The number of hydrogen-bond donors (Lipinski definition) is 3. The van der Waals surface area contributed by atoms with E-state index in [2.05, 4.69) is 0 Å². The van der Waals surface area contributed by atoms with E-state index in [9.17, 15) is 39.3 Å². The maximum Gasteiger partial charge on any atom is 0.329 e. The molecule has 4 aliphatic rings. The van der Waals surface area contributed by atoms with Crippen LogP contribution in [0.1, 0.15) is 126 Å². The number of carbonyl (C=O) groups is 5. The van der Waals surface area contributed by atoms with Crippen molar-refractivity contribution < 1.29 is 72.5 Å². The third-order valence-corrected chi connectivity index (χ3v) is 15.2. The normalized spacial score (nSPS) is 36.8. The number of hydrogen-bond acceptors (Lipinski definition) is 15. The van der Waals surface area contributed by atoms with Gasteiger partial charge in [-0.15, -0.1) is 0 Å². The Hall–Kier alpha value is -3.45. The standard InChI is InChI=1S/C55H87NO15/c1-34-16-12-11-13-17-35(2)46(69-27-26-68-25-24-65-8)32-42-21-19-40(7)55(64,71-42)52(61)53(62)56-23-15-14-18-43(56)54(63)70-47(37(4)30-41-20-22-44(57)48(31-41)66-9)33-45(58)36(3)29-39(6)50(60)51(67-10)49(59)38(5)28-34/h11-13,16-17,29,34,36-38,40-44,46-48,50-51,57,60,64H,14-15,18-28,30-33H2,1-10H3/b13-11?,16-12+,35-17?,39-29+/t34-,36-,37-,38-,40-,41?,42+,43+,44-,46?,47+,48-,50-,51+,55-/m1/s1. The number of piperidine rings is 1. The van der Waals surface area contributed by atoms with Gasteiger partial charge in [0.15, 0.2) is 5.78 Å². The first-order valence-corrected chi connectivity index (χ1v) is 26.1. The summed E-state index contributed by atoms with van der Waals surface area (Å²) >= 11 is 0. The van der Waals surface area contributed by atoms with Gasteiger partial charge in [-0.25, -0.2) is 4.79 Å². The molecule has 402 valence electrons. The van der Waals surface area contributed by atoms with Crippen molar-refractivity contribution in [2.45, 2.75) is 180 Å². The number of aliphatic hydroxyl groups excluding tert-OH is 2. The van der Waals surface area contributed by atoms with Crippen LogP contribution < -0.4 is 0 Å². The van der Waals surface area contributed by atoms with Gasteiger partial charge in [0, 0.05) is 58.5 Å². The Kier molecular flexibility index (Phi) is 24.9. The van der Waals surface area contributed by atoms with Crippen molar-refractivity contribution in [1.82, 2.24) is 4.90 Å². The number of amides is 1. The lowest BCUT2D eigenvalue weighted by Gasteiger charge is -2.43. The molecule has 2 saturated heterocycles. The van der Waals surface area contributed by atoms with Crippen molar-refractivity contribution in [3.05, 3.63) is 47.6 Å². The van der Waals surface area contributed by atoms with E-state index in [1.165, 1.54) is 12.0 Å². The zero-order valence-electron chi connectivity index (χ0n) is 44.3. The van der Waals surface area contributed by atoms with Gasteiger partial charge < -0.3 is 53.4 Å². The number of rotatable bonds is 12. The van der Waals surface area contributed by atoms with Crippen LogP contribution in [-0.2, 0) is 57.1 Å². The predicted molar refractivity (Wildman–Crippen MR) is 267 cm³/mol. The maximum absolute atomic E-state index is 14.5. The third kappa shape index (κ3) is 17.3. The third-order valence-electron chi connectivity index (χ3n) is 15.2. The molecule has 1 aliphatic carbocycles. The molecule has 4 rings (SSSR count). The van der Waals surface area contributed by atoms with E-state index < -0.39 is 83.9 Å². The van der Waals surface area contributed by atoms with Crippen LogP contribution >= 0.6 is 0 Å². The summed E-state index contributed by atoms with van der Waals surface area (Å²) in [4.78, 5) is 72.4. The van der Waals surface area contributed by atoms with Gasteiger partial charge in [0.1, 0.15) is 30.1 Å². The Bertz CT molecular complexity index is 1860. The molecule has 71 heavy (non-hydrogen) atoms. The fourth-order valence-electron chi connectivity index (χ4n) is 10.5. The summed E-state index contributed by atoms with van der Waals surface area (Å²) in [5, 5.41) is 34.1. The predicted octanol–water partition coefficient (Wildman–Crippen LogP) is 6.21. The molecule has 0 aromatic rings. The molecule has 1 saturated carbocycles. The average Bonchev–Trinajstić information content (AvgIpc) is 3.34. The van der Waals surface area contributed by atoms with E-state index in [1.807, 2.05) is 58.1 Å². The molecule has 1 amide bonds. The van der Waals surface area contributed by atoms with E-state index in [1.54, 1.807) is 41.1 Å². The van der Waals surface area contributed by atoms with Crippen molar-refractivity contribution in [2.24, 2.45) is 35.5 Å². The van der Waals surface area contributed by atoms with Gasteiger partial charge in [0.25, 0.3) is 11.7 Å². The highest BCUT2D eigenvalue weighted by Gasteiger charge is 2.53. The van der Waals surface area contributed by atoms with Crippen molar-refractivity contribution in [1.29, 1.82) is 0 Å². The SMILES string of the molecule is COCCOCCOC1C[C@@H]2CC[C@@H](C)[C@@](O)(O2)C(=O)C(=O)N2CCCC[C@H]2C(=O)O[C@H]([C@H](C)CC2CC[C@@H](O)[C@H](OC)C2)CC(=O)[C@H](C)/C=C(\C)[C@@H](O)[C@@H](OC)C(=O)[C@H](C)C[C@H](C)/C=C/C=CC=C1C. The van der Waals surface area contributed by atoms with Crippen LogP contribution in [0.4, 0.5) is 0 Å². The summed E-state index contributed by atoms with van der Waals surface area (Å²) in [5.74, 6) is -8.18. The first-order valence-electron chi connectivity index (χ1n) is 26.1. The van der Waals surface area contributed by atoms with Crippen LogP contribution in [0.2, 0.25) is 0 Å². The quantitative estimate of drug-likeness (QED) is 0.0858. The second kappa shape index (κ2) is 29.4. The summed E-state index contributed by atoms with van der Waals surface area (Å²) in [6.07, 6.45) is 10.7. The van der Waals surface area contributed by atoms with Gasteiger partial charge >= 0.3 is 5.97 Å². The molecule has 3 fully saturated rings. The van der Waals surface area contributed by atoms with Crippen LogP contribution in [0.3, 0.4) is 0 Å². The summed E-state index contributed by atoms with van der Waals surface area (Å²) < 4.78 is 40.8. The van der Waals surface area contributed by atoms with E-state index in [0.29, 0.717) is 83.2 Å². The second-order valence-electron chi connectivity index (χ2n) is 20.8. The molecule has 2 unspecified atom stereocenters. The maximum atomic E-state index is 14.5. The van der Waals surface area contributed by atoms with Crippen molar-refractivity contribution in [3.63, 3.8) is 0 Å². The Morgan fingerprint density at radius 1 is 0.831 bits per heavy atom. The number of ketones is 3. The van der Waals surface area contributed by atoms with Crippen LogP contribution in [0.5, 0.6) is 0 Å². The van der Waals surface area contributed by atoms with E-state index in [-0.39, 0.29) is 67.8 Å². The second-order valence-corrected chi connectivity index (χ2v) is 20.8. The number of aliphatic hydroxyl groups is 3. The molecule has 0 aromatic carbocycles. The summed E-state index contributed by atoms with van der Waals surface area (Å²) in [6.45, 7) is 14.1. The van der Waals surface area contributed by atoms with E-state index in [4.69, 9.17) is 33.2 Å². The van der Waals surface area contributed by atoms with Gasteiger partial charge in [0.2, 0.25) is 5.79 Å². The zero-order valence-corrected chi connectivity index (χ0v) is 44.3. The van der Waals surface area contributed by atoms with Crippen molar-refractivity contribution in [2.75, 3.05) is 54.3 Å². The zero-order chi connectivity index (χ0) is 52.4. The number of cyclic esters (lactones) is 1. The van der Waals surface area contributed by atoms with Gasteiger partial charge in [-0.1, -0.05) is 71.1 Å². The lowest BCUT2D eigenvalue weighted by molar-refractivity contribution is -0.266. The molecular weight excluding hydrogens is 915 g/mol. The Balaban J connectivity index is 1.71.